The van der Waals surface area contributed by atoms with Gasteiger partial charge in [-0.05, 0) is 97.9 Å². The van der Waals surface area contributed by atoms with Crippen LogP contribution in [0.5, 0.6) is 0 Å². The number of likely N-dealkylation sites (tertiary alicyclic amines) is 1. The van der Waals surface area contributed by atoms with E-state index in [2.05, 4.69) is 16.3 Å². The van der Waals surface area contributed by atoms with Gasteiger partial charge in [-0.3, -0.25) is 9.69 Å². The van der Waals surface area contributed by atoms with E-state index < -0.39 is 12.0 Å². The summed E-state index contributed by atoms with van der Waals surface area (Å²) in [4.78, 5) is 27.7. The second-order valence-electron chi connectivity index (χ2n) is 11.1. The molecule has 1 amide bonds. The van der Waals surface area contributed by atoms with Crippen LogP contribution in [0.2, 0.25) is 0 Å². The Kier molecular flexibility index (Phi) is 11.3. The van der Waals surface area contributed by atoms with E-state index in [9.17, 15) is 14.7 Å². The highest BCUT2D eigenvalue weighted by Crippen LogP contribution is 2.30. The van der Waals surface area contributed by atoms with E-state index in [1.807, 2.05) is 49.6 Å². The van der Waals surface area contributed by atoms with Crippen molar-refractivity contribution in [3.05, 3.63) is 59.2 Å². The number of rotatable bonds is 13. The molecule has 2 aromatic carbocycles. The summed E-state index contributed by atoms with van der Waals surface area (Å²) in [6, 6.07) is 13.6. The van der Waals surface area contributed by atoms with E-state index in [1.165, 1.54) is 38.5 Å². The summed E-state index contributed by atoms with van der Waals surface area (Å²) in [6.45, 7) is 5.58. The smallest absolute Gasteiger partial charge is 0.326 e. The predicted molar refractivity (Wildman–Crippen MR) is 159 cm³/mol. The van der Waals surface area contributed by atoms with Crippen molar-refractivity contribution in [1.29, 1.82) is 0 Å². The number of amides is 1. The number of nitrogens with one attached hydrogen (secondary N) is 1. The molecule has 0 unspecified atom stereocenters. The number of carbonyl (C=O) groups excluding carboxylic acids is 1. The molecule has 7 heteroatoms. The number of carbonyl (C=O) groups is 2. The first-order valence-corrected chi connectivity index (χ1v) is 15.9. The largest absolute Gasteiger partial charge is 0.480 e. The van der Waals surface area contributed by atoms with Crippen LogP contribution in [-0.2, 0) is 16.1 Å². The first kappa shape index (κ1) is 29.6. The molecule has 2 fully saturated rings. The normalized spacial score (nSPS) is 19.2. The zero-order valence-corrected chi connectivity index (χ0v) is 24.3. The maximum absolute atomic E-state index is 13.4. The van der Waals surface area contributed by atoms with Crippen molar-refractivity contribution in [1.82, 2.24) is 10.2 Å². The van der Waals surface area contributed by atoms with Crippen molar-refractivity contribution in [2.45, 2.75) is 76.9 Å². The van der Waals surface area contributed by atoms with Crippen LogP contribution < -0.4 is 5.32 Å². The summed E-state index contributed by atoms with van der Waals surface area (Å²) >= 11 is 1.57. The maximum Gasteiger partial charge on any atom is 0.326 e. The van der Waals surface area contributed by atoms with Crippen LogP contribution >= 0.6 is 11.8 Å². The third kappa shape index (κ3) is 8.32. The second-order valence-corrected chi connectivity index (χ2v) is 12.1. The minimum Gasteiger partial charge on any atom is -0.480 e. The lowest BCUT2D eigenvalue weighted by atomic mass is 9.90. The van der Waals surface area contributed by atoms with Gasteiger partial charge in [-0.2, -0.15) is 11.8 Å². The summed E-state index contributed by atoms with van der Waals surface area (Å²) in [5.41, 5.74) is 4.59. The lowest BCUT2D eigenvalue weighted by Gasteiger charge is -2.27. The van der Waals surface area contributed by atoms with E-state index in [0.717, 1.165) is 60.9 Å². The number of thioether (sulfide) groups is 1. The first-order chi connectivity index (χ1) is 19.0. The third-order valence-electron chi connectivity index (χ3n) is 8.25. The summed E-state index contributed by atoms with van der Waals surface area (Å²) in [5, 5.41) is 12.4. The fourth-order valence-electron chi connectivity index (χ4n) is 5.97. The zero-order chi connectivity index (χ0) is 27.6. The van der Waals surface area contributed by atoms with Gasteiger partial charge in [0.05, 0.1) is 6.61 Å². The number of carboxylic acids is 1. The highest BCUT2D eigenvalue weighted by molar-refractivity contribution is 7.98. The molecule has 1 saturated heterocycles. The number of carboxylic acid groups (broad SMARTS) is 1. The number of ether oxygens (including phenoxy) is 1. The maximum atomic E-state index is 13.4. The van der Waals surface area contributed by atoms with Gasteiger partial charge in [0.2, 0.25) is 0 Å². The summed E-state index contributed by atoms with van der Waals surface area (Å²) < 4.78 is 6.22. The Morgan fingerprint density at radius 3 is 2.59 bits per heavy atom. The number of hydrogen-bond donors (Lipinski definition) is 2. The molecule has 2 aromatic rings. The van der Waals surface area contributed by atoms with Crippen LogP contribution in [0, 0.1) is 12.8 Å². The van der Waals surface area contributed by atoms with Gasteiger partial charge in [-0.15, -0.1) is 0 Å². The minimum atomic E-state index is -1.00. The molecule has 0 radical (unpaired) electrons. The van der Waals surface area contributed by atoms with Crippen LogP contribution in [0.3, 0.4) is 0 Å². The quantitative estimate of drug-likeness (QED) is 0.310. The van der Waals surface area contributed by atoms with Gasteiger partial charge in [0.25, 0.3) is 5.91 Å². The number of benzene rings is 2. The highest BCUT2D eigenvalue weighted by Gasteiger charge is 2.27. The topological polar surface area (TPSA) is 78.9 Å². The molecule has 0 bridgehead atoms. The van der Waals surface area contributed by atoms with Gasteiger partial charge in [-0.25, -0.2) is 4.79 Å². The van der Waals surface area contributed by atoms with E-state index >= 15 is 0 Å². The van der Waals surface area contributed by atoms with E-state index in [1.54, 1.807) is 11.8 Å². The molecule has 212 valence electrons. The molecular weight excluding hydrogens is 508 g/mol. The van der Waals surface area contributed by atoms with Gasteiger partial charge in [0.15, 0.2) is 0 Å². The van der Waals surface area contributed by atoms with Crippen molar-refractivity contribution < 1.29 is 19.4 Å². The van der Waals surface area contributed by atoms with Gasteiger partial charge in [0, 0.05) is 24.8 Å². The fraction of sp³-hybridized carbons (Fsp3) is 0.562. The van der Waals surface area contributed by atoms with Crippen molar-refractivity contribution >= 4 is 23.6 Å². The van der Waals surface area contributed by atoms with Crippen LogP contribution in [0.25, 0.3) is 11.1 Å². The Bertz CT molecular complexity index is 1100. The van der Waals surface area contributed by atoms with E-state index in [4.69, 9.17) is 4.74 Å². The average molecular weight is 553 g/mol. The Balaban J connectivity index is 1.49. The second kappa shape index (κ2) is 14.9. The Hall–Kier alpha value is -2.35. The standard InChI is InChI=1S/C32H44N2O4S/c1-23-9-6-7-13-27(23)29-19-25(14-15-28(29)31(35)33-30(32(36)37)16-18-39-2)20-34-17-8-12-26(34)22-38-21-24-10-4-3-5-11-24/h6-7,9,13-15,19,24,26,30H,3-5,8,10-12,16-18,20-22H2,1-2H3,(H,33,35)(H,36,37)/t26-,30-/m0/s1. The van der Waals surface area contributed by atoms with Crippen molar-refractivity contribution in [3.63, 3.8) is 0 Å². The van der Waals surface area contributed by atoms with Gasteiger partial charge in [0.1, 0.15) is 6.04 Å². The molecule has 39 heavy (non-hydrogen) atoms. The molecule has 1 heterocycles. The van der Waals surface area contributed by atoms with Crippen LogP contribution in [-0.4, -0.2) is 65.7 Å². The van der Waals surface area contributed by atoms with E-state index in [0.29, 0.717) is 23.8 Å². The summed E-state index contributed by atoms with van der Waals surface area (Å²) in [5.74, 6) is 0.0495. The molecule has 0 spiro atoms. The average Bonchev–Trinajstić information content (AvgIpc) is 3.38. The van der Waals surface area contributed by atoms with Crippen molar-refractivity contribution in [2.24, 2.45) is 5.92 Å². The monoisotopic (exact) mass is 552 g/mol. The molecule has 0 aromatic heterocycles. The molecule has 4 rings (SSSR count). The molecule has 2 N–H and O–H groups in total. The van der Waals surface area contributed by atoms with E-state index in [-0.39, 0.29) is 5.91 Å². The third-order valence-corrected chi connectivity index (χ3v) is 8.90. The number of aliphatic carboxylic acids is 1. The lowest BCUT2D eigenvalue weighted by Crippen LogP contribution is -2.41. The predicted octanol–water partition coefficient (Wildman–Crippen LogP) is 6.16. The molecule has 2 atom stereocenters. The minimum absolute atomic E-state index is 0.344. The molecule has 1 aliphatic carbocycles. The van der Waals surface area contributed by atoms with Gasteiger partial charge >= 0.3 is 5.97 Å². The van der Waals surface area contributed by atoms with Gasteiger partial charge < -0.3 is 15.2 Å². The zero-order valence-electron chi connectivity index (χ0n) is 23.5. The summed E-state index contributed by atoms with van der Waals surface area (Å²) in [6.07, 6.45) is 11.3. The van der Waals surface area contributed by atoms with Crippen LogP contribution in [0.15, 0.2) is 42.5 Å². The fourth-order valence-corrected chi connectivity index (χ4v) is 6.44. The SMILES string of the molecule is CSCC[C@H](NC(=O)c1ccc(CN2CCC[C@H]2COCC2CCCCC2)cc1-c1ccccc1C)C(=O)O. The highest BCUT2D eigenvalue weighted by atomic mass is 32.2. The lowest BCUT2D eigenvalue weighted by molar-refractivity contribution is -0.139. The number of hydrogen-bond acceptors (Lipinski definition) is 5. The van der Waals surface area contributed by atoms with Crippen LogP contribution in [0.1, 0.15) is 72.9 Å². The number of nitrogens with zero attached hydrogens (tertiary/aromatic N) is 1. The summed E-state index contributed by atoms with van der Waals surface area (Å²) in [7, 11) is 0. The first-order valence-electron chi connectivity index (χ1n) is 14.5. The van der Waals surface area contributed by atoms with Crippen LogP contribution in [0.4, 0.5) is 0 Å². The molecule has 6 nitrogen and oxygen atoms in total. The number of aryl methyl sites for hydroxylation is 1. The van der Waals surface area contributed by atoms with Crippen molar-refractivity contribution in [3.8, 4) is 11.1 Å². The molecule has 1 aliphatic heterocycles. The Morgan fingerprint density at radius 1 is 1.05 bits per heavy atom. The Morgan fingerprint density at radius 2 is 1.85 bits per heavy atom. The Labute approximate surface area is 237 Å². The van der Waals surface area contributed by atoms with Gasteiger partial charge in [-0.1, -0.05) is 49.6 Å². The molecule has 1 saturated carbocycles. The van der Waals surface area contributed by atoms with Crippen molar-refractivity contribution in [2.75, 3.05) is 31.8 Å². The molecular formula is C32H44N2O4S. The molecule has 2 aliphatic rings.